The van der Waals surface area contributed by atoms with E-state index >= 15 is 0 Å². The number of furan rings is 1. The third kappa shape index (κ3) is 1.82. The molecule has 0 bridgehead atoms. The van der Waals surface area contributed by atoms with E-state index in [0.717, 1.165) is 17.8 Å². The van der Waals surface area contributed by atoms with E-state index in [1.165, 1.54) is 10.9 Å². The fourth-order valence-electron chi connectivity index (χ4n) is 1.82. The fourth-order valence-corrected chi connectivity index (χ4v) is 1.82. The summed E-state index contributed by atoms with van der Waals surface area (Å²) in [5.74, 6) is 1.70. The average Bonchev–Trinajstić information content (AvgIpc) is 2.42. The molecule has 1 nitrogen and oxygen atoms in total. The lowest BCUT2D eigenvalue weighted by Crippen LogP contribution is -1.92. The molecule has 0 radical (unpaired) electrons. The molecule has 2 aromatic rings. The maximum Gasteiger partial charge on any atom is 0.134 e. The Morgan fingerprint density at radius 1 is 1.21 bits per heavy atom. The molecule has 0 unspecified atom stereocenters. The summed E-state index contributed by atoms with van der Waals surface area (Å²) in [6.45, 7) is 6.47. The Hall–Kier alpha value is -1.24. The first kappa shape index (κ1) is 9.32. The molecule has 0 spiro atoms. The van der Waals surface area contributed by atoms with E-state index in [1.54, 1.807) is 0 Å². The molecule has 0 amide bonds. The summed E-state index contributed by atoms with van der Waals surface area (Å²) in [5, 5.41) is 1.22. The molecule has 1 heterocycles. The van der Waals surface area contributed by atoms with Crippen LogP contribution in [0.15, 0.2) is 28.7 Å². The lowest BCUT2D eigenvalue weighted by molar-refractivity contribution is 0.578. The van der Waals surface area contributed by atoms with Gasteiger partial charge in [0.2, 0.25) is 0 Å². The van der Waals surface area contributed by atoms with Gasteiger partial charge in [0.15, 0.2) is 0 Å². The Balaban J connectivity index is 2.40. The van der Waals surface area contributed by atoms with Crippen LogP contribution in [0.4, 0.5) is 0 Å². The van der Waals surface area contributed by atoms with Crippen LogP contribution in [-0.4, -0.2) is 0 Å². The average molecular weight is 188 g/mol. The van der Waals surface area contributed by atoms with E-state index in [4.69, 9.17) is 4.42 Å². The first-order valence-electron chi connectivity index (χ1n) is 5.14. The highest BCUT2D eigenvalue weighted by Crippen LogP contribution is 2.21. The van der Waals surface area contributed by atoms with Crippen molar-refractivity contribution in [2.75, 3.05) is 0 Å². The standard InChI is InChI=1S/C13H16O/c1-9(2)6-11-4-5-13-12(8-11)7-10(3)14-13/h4-5,7-9H,6H2,1-3H3. The normalized spacial score (nSPS) is 11.4. The topological polar surface area (TPSA) is 13.1 Å². The zero-order chi connectivity index (χ0) is 10.1. The van der Waals surface area contributed by atoms with E-state index in [-0.39, 0.29) is 0 Å². The van der Waals surface area contributed by atoms with E-state index in [2.05, 4.69) is 38.1 Å². The van der Waals surface area contributed by atoms with Crippen molar-refractivity contribution < 1.29 is 4.42 Å². The Morgan fingerprint density at radius 2 is 2.00 bits per heavy atom. The molecule has 1 aromatic carbocycles. The molecular formula is C13H16O. The highest BCUT2D eigenvalue weighted by molar-refractivity contribution is 5.78. The molecule has 14 heavy (non-hydrogen) atoms. The second-order valence-electron chi connectivity index (χ2n) is 4.33. The van der Waals surface area contributed by atoms with E-state index in [0.29, 0.717) is 5.92 Å². The minimum atomic E-state index is 0.709. The van der Waals surface area contributed by atoms with Crippen molar-refractivity contribution in [3.8, 4) is 0 Å². The quantitative estimate of drug-likeness (QED) is 0.695. The summed E-state index contributed by atoms with van der Waals surface area (Å²) >= 11 is 0. The third-order valence-corrected chi connectivity index (χ3v) is 2.35. The highest BCUT2D eigenvalue weighted by Gasteiger charge is 2.02. The minimum Gasteiger partial charge on any atom is -0.461 e. The second-order valence-corrected chi connectivity index (χ2v) is 4.33. The van der Waals surface area contributed by atoms with Crippen molar-refractivity contribution in [1.29, 1.82) is 0 Å². The van der Waals surface area contributed by atoms with Crippen molar-refractivity contribution in [2.45, 2.75) is 27.2 Å². The van der Waals surface area contributed by atoms with Crippen LogP contribution in [0.5, 0.6) is 0 Å². The van der Waals surface area contributed by atoms with Gasteiger partial charge in [0.25, 0.3) is 0 Å². The number of rotatable bonds is 2. The molecule has 0 aliphatic heterocycles. The van der Waals surface area contributed by atoms with E-state index in [1.807, 2.05) is 6.92 Å². The number of fused-ring (bicyclic) bond motifs is 1. The monoisotopic (exact) mass is 188 g/mol. The maximum atomic E-state index is 5.53. The molecule has 0 aliphatic rings. The first-order valence-corrected chi connectivity index (χ1v) is 5.14. The van der Waals surface area contributed by atoms with Crippen LogP contribution in [0.1, 0.15) is 25.2 Å². The SMILES string of the molecule is Cc1cc2cc(CC(C)C)ccc2o1. The molecule has 2 rings (SSSR count). The summed E-state index contributed by atoms with van der Waals surface area (Å²) in [7, 11) is 0. The van der Waals surface area contributed by atoms with Crippen LogP contribution < -0.4 is 0 Å². The summed E-state index contributed by atoms with van der Waals surface area (Å²) < 4.78 is 5.53. The van der Waals surface area contributed by atoms with Crippen molar-refractivity contribution >= 4 is 11.0 Å². The number of hydrogen-bond donors (Lipinski definition) is 0. The number of benzene rings is 1. The summed E-state index contributed by atoms with van der Waals surface area (Å²) in [6.07, 6.45) is 1.14. The molecule has 1 heteroatoms. The first-order chi connectivity index (χ1) is 6.65. The molecule has 0 N–H and O–H groups in total. The maximum absolute atomic E-state index is 5.53. The number of aryl methyl sites for hydroxylation is 1. The van der Waals surface area contributed by atoms with Gasteiger partial charge < -0.3 is 4.42 Å². The highest BCUT2D eigenvalue weighted by atomic mass is 16.3. The van der Waals surface area contributed by atoms with Crippen LogP contribution in [-0.2, 0) is 6.42 Å². The molecule has 0 saturated heterocycles. The van der Waals surface area contributed by atoms with Gasteiger partial charge in [-0.1, -0.05) is 19.9 Å². The zero-order valence-electron chi connectivity index (χ0n) is 9.00. The van der Waals surface area contributed by atoms with E-state index in [9.17, 15) is 0 Å². The van der Waals surface area contributed by atoms with Gasteiger partial charge in [-0.05, 0) is 43.0 Å². The lowest BCUT2D eigenvalue weighted by Gasteiger charge is -2.03. The van der Waals surface area contributed by atoms with E-state index < -0.39 is 0 Å². The van der Waals surface area contributed by atoms with Crippen LogP contribution in [0.2, 0.25) is 0 Å². The van der Waals surface area contributed by atoms with Gasteiger partial charge in [0.1, 0.15) is 11.3 Å². The fraction of sp³-hybridized carbons (Fsp3) is 0.385. The number of hydrogen-bond acceptors (Lipinski definition) is 1. The van der Waals surface area contributed by atoms with Gasteiger partial charge in [-0.15, -0.1) is 0 Å². The van der Waals surface area contributed by atoms with Crippen LogP contribution in [0, 0.1) is 12.8 Å². The Kier molecular flexibility index (Phi) is 2.32. The van der Waals surface area contributed by atoms with Crippen molar-refractivity contribution in [2.24, 2.45) is 5.92 Å². The second kappa shape index (κ2) is 3.49. The molecular weight excluding hydrogens is 172 g/mol. The molecule has 0 aliphatic carbocycles. The molecule has 74 valence electrons. The van der Waals surface area contributed by atoms with Gasteiger partial charge in [0.05, 0.1) is 0 Å². The zero-order valence-corrected chi connectivity index (χ0v) is 9.00. The predicted molar refractivity (Wildman–Crippen MR) is 59.5 cm³/mol. The Morgan fingerprint density at radius 3 is 2.71 bits per heavy atom. The van der Waals surface area contributed by atoms with Crippen LogP contribution >= 0.6 is 0 Å². The molecule has 0 atom stereocenters. The lowest BCUT2D eigenvalue weighted by atomic mass is 10.0. The Bertz CT molecular complexity index is 437. The van der Waals surface area contributed by atoms with Crippen LogP contribution in [0.3, 0.4) is 0 Å². The van der Waals surface area contributed by atoms with Crippen molar-refractivity contribution in [3.05, 3.63) is 35.6 Å². The molecule has 0 saturated carbocycles. The third-order valence-electron chi connectivity index (χ3n) is 2.35. The van der Waals surface area contributed by atoms with Gasteiger partial charge in [-0.3, -0.25) is 0 Å². The smallest absolute Gasteiger partial charge is 0.134 e. The summed E-state index contributed by atoms with van der Waals surface area (Å²) in [4.78, 5) is 0. The Labute approximate surface area is 84.7 Å². The van der Waals surface area contributed by atoms with Crippen molar-refractivity contribution in [1.82, 2.24) is 0 Å². The molecule has 0 fully saturated rings. The largest absolute Gasteiger partial charge is 0.461 e. The molecule has 1 aromatic heterocycles. The van der Waals surface area contributed by atoms with Crippen LogP contribution in [0.25, 0.3) is 11.0 Å². The van der Waals surface area contributed by atoms with Gasteiger partial charge in [-0.2, -0.15) is 0 Å². The van der Waals surface area contributed by atoms with Gasteiger partial charge in [-0.25, -0.2) is 0 Å². The summed E-state index contributed by atoms with van der Waals surface area (Å²) in [5.41, 5.74) is 2.39. The van der Waals surface area contributed by atoms with Gasteiger partial charge in [0, 0.05) is 5.39 Å². The predicted octanol–water partition coefficient (Wildman–Crippen LogP) is 3.94. The van der Waals surface area contributed by atoms with Crippen molar-refractivity contribution in [3.63, 3.8) is 0 Å². The van der Waals surface area contributed by atoms with Gasteiger partial charge >= 0.3 is 0 Å². The summed E-state index contributed by atoms with van der Waals surface area (Å²) in [6, 6.07) is 8.55. The minimum absolute atomic E-state index is 0.709.